The molecule has 0 bridgehead atoms. The third kappa shape index (κ3) is 2.56. The molecule has 1 aromatic heterocycles. The summed E-state index contributed by atoms with van der Waals surface area (Å²) in [5, 5.41) is 8.73. The summed E-state index contributed by atoms with van der Waals surface area (Å²) in [5.74, 6) is -0.336. The lowest BCUT2D eigenvalue weighted by Crippen LogP contribution is -2.08. The van der Waals surface area contributed by atoms with Gasteiger partial charge in [0.2, 0.25) is 0 Å². The molecule has 0 amide bonds. The molecule has 1 heterocycles. The van der Waals surface area contributed by atoms with Crippen LogP contribution in [0.15, 0.2) is 18.5 Å². The van der Waals surface area contributed by atoms with Crippen molar-refractivity contribution in [3.8, 4) is 6.07 Å². The Morgan fingerprint density at radius 2 is 2.50 bits per heavy atom. The zero-order valence-corrected chi connectivity index (χ0v) is 7.86. The van der Waals surface area contributed by atoms with Crippen LogP contribution < -0.4 is 0 Å². The molecule has 0 atom stereocenters. The maximum Gasteiger partial charge on any atom is 0.310 e. The van der Waals surface area contributed by atoms with Crippen molar-refractivity contribution in [2.75, 3.05) is 6.61 Å². The Balaban J connectivity index is 2.77. The highest BCUT2D eigenvalue weighted by atomic mass is 16.5. The maximum absolute atomic E-state index is 11.1. The Morgan fingerprint density at radius 1 is 1.71 bits per heavy atom. The molecule has 0 saturated carbocycles. The van der Waals surface area contributed by atoms with Gasteiger partial charge in [0.25, 0.3) is 0 Å². The minimum absolute atomic E-state index is 0.102. The molecule has 0 saturated heterocycles. The molecule has 4 nitrogen and oxygen atoms in total. The van der Waals surface area contributed by atoms with Crippen LogP contribution in [0.1, 0.15) is 18.1 Å². The van der Waals surface area contributed by atoms with E-state index in [0.717, 1.165) is 0 Å². The van der Waals surface area contributed by atoms with Crippen LogP contribution in [0.5, 0.6) is 0 Å². The maximum atomic E-state index is 11.1. The van der Waals surface area contributed by atoms with Crippen LogP contribution in [0.4, 0.5) is 0 Å². The molecular formula is C10H10N2O2. The van der Waals surface area contributed by atoms with Crippen LogP contribution in [0.25, 0.3) is 0 Å². The second-order valence-electron chi connectivity index (χ2n) is 2.63. The molecule has 0 fully saturated rings. The first-order chi connectivity index (χ1) is 6.77. The van der Waals surface area contributed by atoms with Crippen molar-refractivity contribution < 1.29 is 9.53 Å². The first kappa shape index (κ1) is 10.2. The molecule has 4 heteroatoms. The van der Waals surface area contributed by atoms with E-state index in [-0.39, 0.29) is 12.4 Å². The van der Waals surface area contributed by atoms with E-state index in [9.17, 15) is 4.79 Å². The molecular weight excluding hydrogens is 180 g/mol. The summed E-state index contributed by atoms with van der Waals surface area (Å²) < 4.78 is 4.77. The first-order valence-electron chi connectivity index (χ1n) is 4.26. The molecule has 0 aliphatic carbocycles. The van der Waals surface area contributed by atoms with Gasteiger partial charge in [-0.1, -0.05) is 0 Å². The molecule has 0 aliphatic rings. The monoisotopic (exact) mass is 190 g/mol. The molecule has 0 N–H and O–H groups in total. The molecule has 0 radical (unpaired) electrons. The number of hydrogen-bond donors (Lipinski definition) is 0. The van der Waals surface area contributed by atoms with E-state index in [0.29, 0.717) is 17.7 Å². The first-order valence-corrected chi connectivity index (χ1v) is 4.26. The van der Waals surface area contributed by atoms with Crippen molar-refractivity contribution >= 4 is 5.97 Å². The minimum Gasteiger partial charge on any atom is -0.466 e. The number of nitrogens with zero attached hydrogens (tertiary/aromatic N) is 2. The zero-order chi connectivity index (χ0) is 10.4. The van der Waals surface area contributed by atoms with Gasteiger partial charge in [0.05, 0.1) is 24.7 Å². The largest absolute Gasteiger partial charge is 0.466 e. The highest BCUT2D eigenvalue weighted by Crippen LogP contribution is 2.06. The van der Waals surface area contributed by atoms with Gasteiger partial charge in [-0.15, -0.1) is 0 Å². The minimum atomic E-state index is -0.336. The fraction of sp³-hybridized carbons (Fsp3) is 0.300. The van der Waals surface area contributed by atoms with E-state index >= 15 is 0 Å². The van der Waals surface area contributed by atoms with Crippen molar-refractivity contribution in [1.29, 1.82) is 5.26 Å². The van der Waals surface area contributed by atoms with Crippen molar-refractivity contribution in [3.05, 3.63) is 29.6 Å². The lowest BCUT2D eigenvalue weighted by Gasteiger charge is -2.02. The van der Waals surface area contributed by atoms with Gasteiger partial charge in [0.15, 0.2) is 0 Å². The normalized spacial score (nSPS) is 9.14. The third-order valence-corrected chi connectivity index (χ3v) is 1.66. The molecule has 1 aromatic rings. The SMILES string of the molecule is CCOC(=O)Cc1cnccc1C#N. The second kappa shape index (κ2) is 4.97. The van der Waals surface area contributed by atoms with E-state index in [4.69, 9.17) is 10.00 Å². The van der Waals surface area contributed by atoms with E-state index < -0.39 is 0 Å². The van der Waals surface area contributed by atoms with Crippen LogP contribution in [-0.4, -0.2) is 17.6 Å². The smallest absolute Gasteiger partial charge is 0.310 e. The third-order valence-electron chi connectivity index (χ3n) is 1.66. The fourth-order valence-electron chi connectivity index (χ4n) is 1.04. The summed E-state index contributed by atoms with van der Waals surface area (Å²) >= 11 is 0. The number of hydrogen-bond acceptors (Lipinski definition) is 4. The van der Waals surface area contributed by atoms with Crippen molar-refractivity contribution in [2.24, 2.45) is 0 Å². The van der Waals surface area contributed by atoms with Gasteiger partial charge < -0.3 is 4.74 Å². The summed E-state index contributed by atoms with van der Waals surface area (Å²) in [6, 6.07) is 3.57. The zero-order valence-electron chi connectivity index (χ0n) is 7.86. The van der Waals surface area contributed by atoms with Crippen molar-refractivity contribution in [1.82, 2.24) is 4.98 Å². The number of nitriles is 1. The highest BCUT2D eigenvalue weighted by molar-refractivity contribution is 5.73. The van der Waals surface area contributed by atoms with Crippen LogP contribution in [-0.2, 0) is 16.0 Å². The van der Waals surface area contributed by atoms with E-state index in [1.807, 2.05) is 6.07 Å². The van der Waals surface area contributed by atoms with Gasteiger partial charge in [0, 0.05) is 12.4 Å². The van der Waals surface area contributed by atoms with Gasteiger partial charge in [-0.25, -0.2) is 0 Å². The van der Waals surface area contributed by atoms with Crippen LogP contribution in [0.2, 0.25) is 0 Å². The summed E-state index contributed by atoms with van der Waals surface area (Å²) in [5.41, 5.74) is 1.07. The second-order valence-corrected chi connectivity index (χ2v) is 2.63. The van der Waals surface area contributed by atoms with E-state index in [2.05, 4.69) is 4.98 Å². The van der Waals surface area contributed by atoms with Crippen LogP contribution in [0, 0.1) is 11.3 Å². The van der Waals surface area contributed by atoms with E-state index in [1.165, 1.54) is 12.4 Å². The number of carbonyl (C=O) groups is 1. The Labute approximate surface area is 82.1 Å². The Hall–Kier alpha value is -1.89. The molecule has 1 rings (SSSR count). The number of pyridine rings is 1. The molecule has 0 aromatic carbocycles. The summed E-state index contributed by atoms with van der Waals surface area (Å²) in [7, 11) is 0. The quantitative estimate of drug-likeness (QED) is 0.668. The molecule has 72 valence electrons. The summed E-state index contributed by atoms with van der Waals surface area (Å²) in [6.07, 6.45) is 3.13. The molecule has 0 spiro atoms. The van der Waals surface area contributed by atoms with Crippen molar-refractivity contribution in [3.63, 3.8) is 0 Å². The average Bonchev–Trinajstić information content (AvgIpc) is 2.19. The van der Waals surface area contributed by atoms with Gasteiger partial charge >= 0.3 is 5.97 Å². The molecule has 0 unspecified atom stereocenters. The fourth-order valence-corrected chi connectivity index (χ4v) is 1.04. The predicted molar refractivity (Wildman–Crippen MR) is 49.3 cm³/mol. The molecule has 14 heavy (non-hydrogen) atoms. The number of carbonyl (C=O) groups excluding carboxylic acids is 1. The van der Waals surface area contributed by atoms with Gasteiger partial charge in [-0.3, -0.25) is 9.78 Å². The summed E-state index contributed by atoms with van der Waals surface area (Å²) in [6.45, 7) is 2.09. The predicted octanol–water partition coefficient (Wildman–Crippen LogP) is 1.06. The molecule has 0 aliphatic heterocycles. The standard InChI is InChI=1S/C10H10N2O2/c1-2-14-10(13)5-9-7-12-4-3-8(9)6-11/h3-4,7H,2,5H2,1H3. The van der Waals surface area contributed by atoms with Crippen LogP contribution >= 0.6 is 0 Å². The number of ether oxygens (including phenoxy) is 1. The topological polar surface area (TPSA) is 63.0 Å². The lowest BCUT2D eigenvalue weighted by molar-refractivity contribution is -0.142. The summed E-state index contributed by atoms with van der Waals surface area (Å²) in [4.78, 5) is 15.0. The lowest BCUT2D eigenvalue weighted by atomic mass is 10.1. The number of rotatable bonds is 3. The van der Waals surface area contributed by atoms with Crippen LogP contribution in [0.3, 0.4) is 0 Å². The highest BCUT2D eigenvalue weighted by Gasteiger charge is 2.07. The van der Waals surface area contributed by atoms with Gasteiger partial charge in [-0.05, 0) is 18.6 Å². The Morgan fingerprint density at radius 3 is 3.14 bits per heavy atom. The van der Waals surface area contributed by atoms with Gasteiger partial charge in [-0.2, -0.15) is 5.26 Å². The average molecular weight is 190 g/mol. The van der Waals surface area contributed by atoms with E-state index in [1.54, 1.807) is 13.0 Å². The number of esters is 1. The Kier molecular flexibility index (Phi) is 3.62. The Bertz CT molecular complexity index is 369. The van der Waals surface area contributed by atoms with Crippen molar-refractivity contribution in [2.45, 2.75) is 13.3 Å². The number of aromatic nitrogens is 1. The van der Waals surface area contributed by atoms with Gasteiger partial charge in [0.1, 0.15) is 0 Å².